The maximum absolute atomic E-state index is 9.97. The van der Waals surface area contributed by atoms with E-state index in [0.717, 1.165) is 0 Å². The Morgan fingerprint density at radius 1 is 0.864 bits per heavy atom. The zero-order chi connectivity index (χ0) is 16.4. The first-order valence-corrected chi connectivity index (χ1v) is 7.07. The number of nitrogens with one attached hydrogen (secondary N) is 1. The highest BCUT2D eigenvalue weighted by Crippen LogP contribution is 2.25. The molecule has 9 atom stereocenters. The molecule has 0 bridgehead atoms. The summed E-state index contributed by atoms with van der Waals surface area (Å²) in [5, 5.41) is 69.8. The van der Waals surface area contributed by atoms with Crippen LogP contribution >= 0.6 is 0 Å². The molecule has 2 heterocycles. The van der Waals surface area contributed by atoms with E-state index in [0.29, 0.717) is 0 Å². The fraction of sp³-hybridized carbons (Fsp3) is 1.00. The molecule has 0 aromatic heterocycles. The predicted molar refractivity (Wildman–Crippen MR) is 69.5 cm³/mol. The molecule has 0 unspecified atom stereocenters. The van der Waals surface area contributed by atoms with Gasteiger partial charge in [0, 0.05) is 6.54 Å². The van der Waals surface area contributed by atoms with Crippen molar-refractivity contribution >= 4 is 0 Å². The van der Waals surface area contributed by atoms with E-state index in [4.69, 9.17) is 19.7 Å². The van der Waals surface area contributed by atoms with Crippen molar-refractivity contribution in [2.75, 3.05) is 19.8 Å². The summed E-state index contributed by atoms with van der Waals surface area (Å²) in [6, 6.07) is -0.704. The molecule has 0 radical (unpaired) electrons. The third-order valence-electron chi connectivity index (χ3n) is 4.08. The summed E-state index contributed by atoms with van der Waals surface area (Å²) in [5.74, 6) is 0. The molecule has 2 aliphatic heterocycles. The van der Waals surface area contributed by atoms with Crippen LogP contribution in [-0.2, 0) is 9.47 Å². The van der Waals surface area contributed by atoms with E-state index >= 15 is 0 Å². The van der Waals surface area contributed by atoms with E-state index < -0.39 is 61.7 Å². The lowest BCUT2D eigenvalue weighted by Crippen LogP contribution is -2.65. The first-order valence-electron chi connectivity index (χ1n) is 7.07. The van der Waals surface area contributed by atoms with Crippen LogP contribution in [0.3, 0.4) is 0 Å². The molecule has 2 rings (SSSR count). The topological polar surface area (TPSA) is 172 Å². The van der Waals surface area contributed by atoms with Crippen molar-refractivity contribution in [3.8, 4) is 0 Å². The van der Waals surface area contributed by atoms with Crippen LogP contribution in [0, 0.1) is 0 Å². The largest absolute Gasteiger partial charge is 0.395 e. The number of aliphatic hydroxyl groups excluding tert-OH is 7. The van der Waals surface area contributed by atoms with Gasteiger partial charge in [0.25, 0.3) is 0 Å². The van der Waals surface area contributed by atoms with Crippen LogP contribution in [0.25, 0.3) is 0 Å². The standard InChI is InChI=1S/C12H23NO9/c14-2-4-7(16)8(17)5(1-13-4)21-12-11(20)10(19)9(18)6(3-15)22-12/h4-20H,1-3H2/t4-,5-,6-,7-,8-,9-,10+,11-,12-/m1/s1. The van der Waals surface area contributed by atoms with Crippen molar-refractivity contribution in [3.63, 3.8) is 0 Å². The molecule has 2 fully saturated rings. The Morgan fingerprint density at radius 2 is 1.55 bits per heavy atom. The highest BCUT2D eigenvalue weighted by atomic mass is 16.7. The summed E-state index contributed by atoms with van der Waals surface area (Å²) < 4.78 is 10.5. The smallest absolute Gasteiger partial charge is 0.187 e. The van der Waals surface area contributed by atoms with Gasteiger partial charge in [-0.05, 0) is 0 Å². The van der Waals surface area contributed by atoms with Gasteiger partial charge in [-0.15, -0.1) is 0 Å². The van der Waals surface area contributed by atoms with Crippen molar-refractivity contribution < 1.29 is 45.2 Å². The van der Waals surface area contributed by atoms with Crippen LogP contribution in [0.2, 0.25) is 0 Å². The summed E-state index contributed by atoms with van der Waals surface area (Å²) in [6.07, 6.45) is -10.8. The molecule has 8 N–H and O–H groups in total. The first kappa shape index (κ1) is 17.9. The summed E-state index contributed by atoms with van der Waals surface area (Å²) in [7, 11) is 0. The van der Waals surface area contributed by atoms with Crippen LogP contribution in [-0.4, -0.2) is 111 Å². The van der Waals surface area contributed by atoms with Crippen LogP contribution in [0.4, 0.5) is 0 Å². The van der Waals surface area contributed by atoms with Crippen molar-refractivity contribution in [1.82, 2.24) is 5.32 Å². The lowest BCUT2D eigenvalue weighted by molar-refractivity contribution is -0.321. The second kappa shape index (κ2) is 7.45. The molecule has 0 aromatic carbocycles. The van der Waals surface area contributed by atoms with Gasteiger partial charge in [-0.25, -0.2) is 0 Å². The molecule has 2 aliphatic rings. The van der Waals surface area contributed by atoms with Gasteiger partial charge in [-0.2, -0.15) is 0 Å². The van der Waals surface area contributed by atoms with Gasteiger partial charge < -0.3 is 50.5 Å². The highest BCUT2D eigenvalue weighted by molar-refractivity contribution is 4.95. The number of ether oxygens (including phenoxy) is 2. The van der Waals surface area contributed by atoms with Gasteiger partial charge in [0.05, 0.1) is 25.4 Å². The van der Waals surface area contributed by atoms with E-state index in [1.165, 1.54) is 0 Å². The van der Waals surface area contributed by atoms with E-state index in [1.54, 1.807) is 0 Å². The fourth-order valence-corrected chi connectivity index (χ4v) is 2.62. The van der Waals surface area contributed by atoms with Crippen LogP contribution in [0.1, 0.15) is 0 Å². The van der Waals surface area contributed by atoms with Crippen molar-refractivity contribution in [3.05, 3.63) is 0 Å². The van der Waals surface area contributed by atoms with Gasteiger partial charge in [0.15, 0.2) is 6.29 Å². The maximum atomic E-state index is 9.97. The van der Waals surface area contributed by atoms with Crippen LogP contribution < -0.4 is 5.32 Å². The minimum Gasteiger partial charge on any atom is -0.395 e. The quantitative estimate of drug-likeness (QED) is 0.250. The third-order valence-corrected chi connectivity index (χ3v) is 4.08. The Balaban J connectivity index is 2.00. The number of hydrogen-bond acceptors (Lipinski definition) is 10. The van der Waals surface area contributed by atoms with Gasteiger partial charge in [0.1, 0.15) is 36.6 Å². The van der Waals surface area contributed by atoms with Crippen molar-refractivity contribution in [2.45, 2.75) is 55.1 Å². The average molecular weight is 325 g/mol. The number of rotatable bonds is 4. The Kier molecular flexibility index (Phi) is 6.07. The Morgan fingerprint density at radius 3 is 2.14 bits per heavy atom. The SMILES string of the molecule is OC[C@H]1NC[C@@H](O[C@@H]2O[C@H](CO)[C@@H](O)[C@H](O)[C@H]2O)[C@@H](O)[C@@H]1O. The normalized spacial score (nSPS) is 50.0. The minimum atomic E-state index is -1.59. The second-order valence-corrected chi connectivity index (χ2v) is 5.55. The monoisotopic (exact) mass is 325 g/mol. The molecule has 22 heavy (non-hydrogen) atoms. The Hall–Kier alpha value is -0.400. The molecule has 0 aliphatic carbocycles. The Bertz CT molecular complexity index is 357. The summed E-state index contributed by atoms with van der Waals surface area (Å²) >= 11 is 0. The lowest BCUT2D eigenvalue weighted by Gasteiger charge is -2.43. The molecule has 0 saturated carbocycles. The van der Waals surface area contributed by atoms with Crippen molar-refractivity contribution in [1.29, 1.82) is 0 Å². The second-order valence-electron chi connectivity index (χ2n) is 5.55. The van der Waals surface area contributed by atoms with E-state index in [2.05, 4.69) is 5.32 Å². The van der Waals surface area contributed by atoms with Gasteiger partial charge in [0.2, 0.25) is 0 Å². The molecule has 0 spiro atoms. The predicted octanol–water partition coefficient (Wildman–Crippen LogP) is -5.14. The Labute approximate surface area is 126 Å². The molecular formula is C12H23NO9. The molecule has 2 saturated heterocycles. The maximum Gasteiger partial charge on any atom is 0.187 e. The zero-order valence-electron chi connectivity index (χ0n) is 11.8. The van der Waals surface area contributed by atoms with E-state index in [1.807, 2.05) is 0 Å². The molecular weight excluding hydrogens is 302 g/mol. The molecule has 0 amide bonds. The number of piperidine rings is 1. The average Bonchev–Trinajstić information content (AvgIpc) is 2.52. The highest BCUT2D eigenvalue weighted by Gasteiger charge is 2.47. The van der Waals surface area contributed by atoms with Gasteiger partial charge in [-0.3, -0.25) is 0 Å². The fourth-order valence-electron chi connectivity index (χ4n) is 2.62. The number of hydrogen-bond donors (Lipinski definition) is 8. The van der Waals surface area contributed by atoms with Gasteiger partial charge >= 0.3 is 0 Å². The van der Waals surface area contributed by atoms with Crippen LogP contribution in [0.5, 0.6) is 0 Å². The first-order chi connectivity index (χ1) is 10.4. The zero-order valence-corrected chi connectivity index (χ0v) is 11.8. The van der Waals surface area contributed by atoms with Crippen molar-refractivity contribution in [2.24, 2.45) is 0 Å². The van der Waals surface area contributed by atoms with Gasteiger partial charge in [-0.1, -0.05) is 0 Å². The molecule has 10 heteroatoms. The molecule has 130 valence electrons. The number of aliphatic hydroxyl groups is 7. The summed E-state index contributed by atoms with van der Waals surface area (Å²) in [5.41, 5.74) is 0. The van der Waals surface area contributed by atoms with E-state index in [9.17, 15) is 25.5 Å². The lowest BCUT2D eigenvalue weighted by atomic mass is 9.95. The molecule has 0 aromatic rings. The van der Waals surface area contributed by atoms with Crippen LogP contribution in [0.15, 0.2) is 0 Å². The minimum absolute atomic E-state index is 0.0679. The summed E-state index contributed by atoms with van der Waals surface area (Å²) in [6.45, 7) is -0.894. The third kappa shape index (κ3) is 3.41. The van der Waals surface area contributed by atoms with E-state index in [-0.39, 0.29) is 13.2 Å². The summed E-state index contributed by atoms with van der Waals surface area (Å²) in [4.78, 5) is 0. The molecule has 10 nitrogen and oxygen atoms in total.